The highest BCUT2D eigenvalue weighted by atomic mass is 32.2. The maximum absolute atomic E-state index is 14.1. The van der Waals surface area contributed by atoms with Crippen LogP contribution in [-0.4, -0.2) is 52.7 Å². The number of halogens is 2. The summed E-state index contributed by atoms with van der Waals surface area (Å²) in [5, 5.41) is 8.69. The van der Waals surface area contributed by atoms with Crippen molar-refractivity contribution in [1.29, 1.82) is 0 Å². The zero-order valence-corrected chi connectivity index (χ0v) is 17.5. The molecular weight excluding hydrogens is 430 g/mol. The van der Waals surface area contributed by atoms with E-state index in [-0.39, 0.29) is 23.3 Å². The highest BCUT2D eigenvalue weighted by Gasteiger charge is 2.24. The van der Waals surface area contributed by atoms with Gasteiger partial charge in [-0.25, -0.2) is 27.2 Å². The molecule has 31 heavy (non-hydrogen) atoms. The Hall–Kier alpha value is -3.15. The average Bonchev–Trinajstić information content (AvgIpc) is 3.22. The van der Waals surface area contributed by atoms with E-state index in [4.69, 9.17) is 4.74 Å². The van der Waals surface area contributed by atoms with Crippen LogP contribution in [0.3, 0.4) is 0 Å². The fraction of sp³-hybridized carbons (Fsp3) is 0.368. The van der Waals surface area contributed by atoms with E-state index >= 15 is 0 Å². The lowest BCUT2D eigenvalue weighted by atomic mass is 10.1. The smallest absolute Gasteiger partial charge is 0.225 e. The van der Waals surface area contributed by atoms with Gasteiger partial charge in [0.1, 0.15) is 12.3 Å². The number of sulfone groups is 1. The van der Waals surface area contributed by atoms with Gasteiger partial charge in [0.2, 0.25) is 5.95 Å². The largest absolute Gasteiger partial charge is 0.484 e. The van der Waals surface area contributed by atoms with Gasteiger partial charge in [0.15, 0.2) is 27.2 Å². The number of piperidine rings is 1. The van der Waals surface area contributed by atoms with Crippen LogP contribution in [0.2, 0.25) is 0 Å². The number of benzene rings is 1. The molecule has 164 valence electrons. The first-order valence-electron chi connectivity index (χ1n) is 9.55. The lowest BCUT2D eigenvalue weighted by molar-refractivity contribution is 0.279. The van der Waals surface area contributed by atoms with Gasteiger partial charge in [0, 0.05) is 19.3 Å². The molecule has 12 heteroatoms. The Bertz CT molecular complexity index is 1160. The predicted octanol–water partition coefficient (Wildman–Crippen LogP) is 2.17. The molecule has 0 radical (unpaired) electrons. The summed E-state index contributed by atoms with van der Waals surface area (Å²) in [6.07, 6.45) is 6.38. The highest BCUT2D eigenvalue weighted by molar-refractivity contribution is 7.90. The maximum Gasteiger partial charge on any atom is 0.225 e. The topological polar surface area (TPSA) is 103 Å². The molecule has 1 saturated heterocycles. The van der Waals surface area contributed by atoms with E-state index in [0.717, 1.165) is 37.6 Å². The summed E-state index contributed by atoms with van der Waals surface area (Å²) in [5.74, 6) is -0.799. The minimum absolute atomic E-state index is 0.00257. The summed E-state index contributed by atoms with van der Waals surface area (Å²) in [5.41, 5.74) is 0.524. The molecule has 0 saturated carbocycles. The van der Waals surface area contributed by atoms with Crippen LogP contribution in [0.1, 0.15) is 24.6 Å². The van der Waals surface area contributed by atoms with Gasteiger partial charge in [-0.3, -0.25) is 0 Å². The maximum atomic E-state index is 14.1. The minimum atomic E-state index is -3.49. The number of hydrogen-bond acceptors (Lipinski definition) is 8. The van der Waals surface area contributed by atoms with E-state index in [9.17, 15) is 17.2 Å². The molecule has 3 aromatic rings. The predicted molar refractivity (Wildman–Crippen MR) is 106 cm³/mol. The number of rotatable bonds is 6. The number of nitrogens with zero attached hydrogens (tertiary/aromatic N) is 6. The second-order valence-electron chi connectivity index (χ2n) is 7.23. The molecular formula is C19H20F2N6O3S. The van der Waals surface area contributed by atoms with E-state index in [1.165, 1.54) is 12.1 Å². The molecule has 4 rings (SSSR count). The molecule has 1 aliphatic rings. The fourth-order valence-electron chi connectivity index (χ4n) is 3.30. The third kappa shape index (κ3) is 4.95. The van der Waals surface area contributed by atoms with E-state index in [1.807, 2.05) is 4.90 Å². The minimum Gasteiger partial charge on any atom is -0.484 e. The SMILES string of the molecule is CS(=O)(=O)c1ccc(OCc2cnn(C3CCN(c4ncc(F)cn4)CC3)n2)c(F)c1. The zero-order chi connectivity index (χ0) is 22.0. The Kier molecular flexibility index (Phi) is 5.81. The van der Waals surface area contributed by atoms with E-state index < -0.39 is 21.5 Å². The molecule has 0 bridgehead atoms. The lowest BCUT2D eigenvalue weighted by Crippen LogP contribution is -2.36. The third-order valence-corrected chi connectivity index (χ3v) is 6.05. The summed E-state index contributed by atoms with van der Waals surface area (Å²) in [4.78, 5) is 11.5. The van der Waals surface area contributed by atoms with Crippen LogP contribution < -0.4 is 9.64 Å². The van der Waals surface area contributed by atoms with Crippen LogP contribution in [0.4, 0.5) is 14.7 Å². The molecule has 0 unspecified atom stereocenters. The van der Waals surface area contributed by atoms with Crippen molar-refractivity contribution >= 4 is 15.8 Å². The van der Waals surface area contributed by atoms with Crippen LogP contribution in [0.15, 0.2) is 41.7 Å². The van der Waals surface area contributed by atoms with Gasteiger partial charge in [0.25, 0.3) is 0 Å². The Morgan fingerprint density at radius 3 is 2.48 bits per heavy atom. The van der Waals surface area contributed by atoms with E-state index in [0.29, 0.717) is 24.7 Å². The summed E-state index contributed by atoms with van der Waals surface area (Å²) in [6.45, 7) is 1.36. The van der Waals surface area contributed by atoms with Gasteiger partial charge in [-0.1, -0.05) is 0 Å². The van der Waals surface area contributed by atoms with E-state index in [2.05, 4.69) is 20.2 Å². The number of anilines is 1. The summed E-state index contributed by atoms with van der Waals surface area (Å²) >= 11 is 0. The van der Waals surface area contributed by atoms with Gasteiger partial charge in [-0.2, -0.15) is 15.0 Å². The molecule has 0 atom stereocenters. The first-order valence-corrected chi connectivity index (χ1v) is 11.4. The van der Waals surface area contributed by atoms with Crippen molar-refractivity contribution in [3.63, 3.8) is 0 Å². The second-order valence-corrected chi connectivity index (χ2v) is 9.24. The molecule has 3 heterocycles. The van der Waals surface area contributed by atoms with Crippen LogP contribution in [0.5, 0.6) is 5.75 Å². The van der Waals surface area contributed by atoms with Gasteiger partial charge in [-0.15, -0.1) is 0 Å². The Morgan fingerprint density at radius 2 is 1.84 bits per heavy atom. The molecule has 0 amide bonds. The normalized spacial score (nSPS) is 15.3. The number of aromatic nitrogens is 5. The monoisotopic (exact) mass is 450 g/mol. The third-order valence-electron chi connectivity index (χ3n) is 4.94. The molecule has 2 aromatic heterocycles. The fourth-order valence-corrected chi connectivity index (χ4v) is 3.93. The van der Waals surface area contributed by atoms with Gasteiger partial charge in [0.05, 0.1) is 29.5 Å². The van der Waals surface area contributed by atoms with Crippen molar-refractivity contribution in [3.05, 3.63) is 54.1 Å². The van der Waals surface area contributed by atoms with Crippen molar-refractivity contribution in [2.24, 2.45) is 0 Å². The van der Waals surface area contributed by atoms with Crippen LogP contribution >= 0.6 is 0 Å². The van der Waals surface area contributed by atoms with Gasteiger partial charge < -0.3 is 9.64 Å². The first kappa shape index (κ1) is 21.1. The van der Waals surface area contributed by atoms with Crippen molar-refractivity contribution in [2.75, 3.05) is 24.2 Å². The van der Waals surface area contributed by atoms with Crippen LogP contribution in [-0.2, 0) is 16.4 Å². The Balaban J connectivity index is 1.33. The molecule has 0 N–H and O–H groups in total. The molecule has 1 fully saturated rings. The summed E-state index contributed by atoms with van der Waals surface area (Å²) in [7, 11) is -3.49. The van der Waals surface area contributed by atoms with Gasteiger partial charge in [-0.05, 0) is 31.0 Å². The van der Waals surface area contributed by atoms with Crippen molar-refractivity contribution in [2.45, 2.75) is 30.4 Å². The second kappa shape index (κ2) is 8.53. The molecule has 0 spiro atoms. The summed E-state index contributed by atoms with van der Waals surface area (Å²) in [6, 6.07) is 3.59. The highest BCUT2D eigenvalue weighted by Crippen LogP contribution is 2.24. The van der Waals surface area contributed by atoms with Crippen molar-refractivity contribution in [1.82, 2.24) is 25.0 Å². The number of hydrogen-bond donors (Lipinski definition) is 0. The van der Waals surface area contributed by atoms with Crippen LogP contribution in [0.25, 0.3) is 0 Å². The molecule has 0 aliphatic carbocycles. The van der Waals surface area contributed by atoms with Crippen molar-refractivity contribution in [3.8, 4) is 5.75 Å². The first-order chi connectivity index (χ1) is 14.8. The zero-order valence-electron chi connectivity index (χ0n) is 16.6. The summed E-state index contributed by atoms with van der Waals surface area (Å²) < 4.78 is 55.5. The molecule has 9 nitrogen and oxygen atoms in total. The Morgan fingerprint density at radius 1 is 1.13 bits per heavy atom. The van der Waals surface area contributed by atoms with Crippen molar-refractivity contribution < 1.29 is 21.9 Å². The lowest BCUT2D eigenvalue weighted by Gasteiger charge is -2.31. The average molecular weight is 450 g/mol. The standard InChI is InChI=1S/C19H20F2N6O3S/c1-31(28,29)16-2-3-18(17(21)8-16)30-12-14-11-24-27(25-14)15-4-6-26(7-5-15)19-22-9-13(20)10-23-19/h2-3,8-11,15H,4-7,12H2,1H3. The molecule has 1 aliphatic heterocycles. The Labute approximate surface area is 177 Å². The molecule has 1 aromatic carbocycles. The van der Waals surface area contributed by atoms with E-state index in [1.54, 1.807) is 11.0 Å². The van der Waals surface area contributed by atoms with Gasteiger partial charge >= 0.3 is 0 Å². The number of ether oxygens (including phenoxy) is 1. The quantitative estimate of drug-likeness (QED) is 0.563. The van der Waals surface area contributed by atoms with Crippen LogP contribution in [0, 0.1) is 11.6 Å².